The van der Waals surface area contributed by atoms with Gasteiger partial charge in [0.05, 0.1) is 11.3 Å². The molecule has 1 amide bonds. The lowest BCUT2D eigenvalue weighted by molar-refractivity contribution is 0.0731. The van der Waals surface area contributed by atoms with Crippen LogP contribution in [0.1, 0.15) is 27.4 Å². The van der Waals surface area contributed by atoms with Crippen LogP contribution >= 0.6 is 11.8 Å². The smallest absolute Gasteiger partial charge is 0.256 e. The van der Waals surface area contributed by atoms with Crippen LogP contribution in [-0.2, 0) is 5.75 Å². The van der Waals surface area contributed by atoms with Crippen LogP contribution in [0.4, 0.5) is 0 Å². The van der Waals surface area contributed by atoms with Gasteiger partial charge in [-0.25, -0.2) is 4.98 Å². The van der Waals surface area contributed by atoms with E-state index >= 15 is 0 Å². The zero-order valence-electron chi connectivity index (χ0n) is 13.3. The third-order valence-corrected chi connectivity index (χ3v) is 4.97. The molecule has 0 radical (unpaired) electrons. The number of rotatable bonds is 4. The molecule has 1 fully saturated rings. The van der Waals surface area contributed by atoms with Crippen molar-refractivity contribution in [2.45, 2.75) is 24.6 Å². The molecule has 23 heavy (non-hydrogen) atoms. The van der Waals surface area contributed by atoms with E-state index < -0.39 is 0 Å². The average Bonchev–Trinajstić information content (AvgIpc) is 2.92. The van der Waals surface area contributed by atoms with E-state index in [2.05, 4.69) is 15.5 Å². The highest BCUT2D eigenvalue weighted by Crippen LogP contribution is 2.27. The van der Waals surface area contributed by atoms with Crippen molar-refractivity contribution in [2.24, 2.45) is 0 Å². The van der Waals surface area contributed by atoms with Crippen molar-refractivity contribution in [3.63, 3.8) is 0 Å². The van der Waals surface area contributed by atoms with Gasteiger partial charge >= 0.3 is 0 Å². The summed E-state index contributed by atoms with van der Waals surface area (Å²) in [7, 11) is 0. The molecule has 1 aliphatic rings. The van der Waals surface area contributed by atoms with Gasteiger partial charge in [-0.3, -0.25) is 4.79 Å². The van der Waals surface area contributed by atoms with Gasteiger partial charge in [0.2, 0.25) is 0 Å². The van der Waals surface area contributed by atoms with Crippen molar-refractivity contribution < 1.29 is 9.32 Å². The lowest BCUT2D eigenvalue weighted by Crippen LogP contribution is -2.46. The first-order valence-electron chi connectivity index (χ1n) is 7.66. The molecule has 3 rings (SSSR count). The second-order valence-electron chi connectivity index (χ2n) is 5.49. The van der Waals surface area contributed by atoms with E-state index in [1.54, 1.807) is 18.0 Å². The van der Waals surface area contributed by atoms with Gasteiger partial charge in [-0.1, -0.05) is 5.16 Å². The van der Waals surface area contributed by atoms with Crippen LogP contribution in [0.25, 0.3) is 0 Å². The molecule has 1 N–H and O–H groups in total. The Hall–Kier alpha value is -1.86. The Labute approximate surface area is 139 Å². The van der Waals surface area contributed by atoms with E-state index in [0.717, 1.165) is 48.2 Å². The van der Waals surface area contributed by atoms with Crippen molar-refractivity contribution >= 4 is 17.7 Å². The van der Waals surface area contributed by atoms with E-state index in [1.165, 1.54) is 0 Å². The number of aromatic nitrogens is 2. The van der Waals surface area contributed by atoms with Gasteiger partial charge in [-0.2, -0.15) is 0 Å². The Morgan fingerprint density at radius 2 is 2.17 bits per heavy atom. The molecular formula is C16H20N4O2S. The van der Waals surface area contributed by atoms with E-state index in [0.29, 0.717) is 11.3 Å². The summed E-state index contributed by atoms with van der Waals surface area (Å²) in [5, 5.41) is 7.99. The number of nitrogens with zero attached hydrogens (tertiary/aromatic N) is 3. The molecule has 7 heteroatoms. The number of aryl methyl sites for hydroxylation is 2. The Balaban J connectivity index is 1.76. The monoisotopic (exact) mass is 332 g/mol. The lowest BCUT2D eigenvalue weighted by atomic mass is 10.2. The fraction of sp³-hybridized carbons (Fsp3) is 0.438. The maximum atomic E-state index is 12.7. The van der Waals surface area contributed by atoms with Gasteiger partial charge in [0.15, 0.2) is 0 Å². The summed E-state index contributed by atoms with van der Waals surface area (Å²) in [5.41, 5.74) is 2.63. The molecule has 0 aliphatic carbocycles. The molecule has 122 valence electrons. The summed E-state index contributed by atoms with van der Waals surface area (Å²) in [6, 6.07) is 3.67. The topological polar surface area (TPSA) is 71.3 Å². The SMILES string of the molecule is Cc1noc(C)c1CSc1ncccc1C(=O)N1CCNCC1. The minimum Gasteiger partial charge on any atom is -0.361 e. The summed E-state index contributed by atoms with van der Waals surface area (Å²) in [4.78, 5) is 19.0. The molecule has 0 unspecified atom stereocenters. The highest BCUT2D eigenvalue weighted by molar-refractivity contribution is 7.98. The van der Waals surface area contributed by atoms with Gasteiger partial charge in [0.25, 0.3) is 5.91 Å². The summed E-state index contributed by atoms with van der Waals surface area (Å²) >= 11 is 1.55. The van der Waals surface area contributed by atoms with E-state index in [9.17, 15) is 4.79 Å². The molecule has 1 saturated heterocycles. The van der Waals surface area contributed by atoms with Crippen molar-refractivity contribution in [3.8, 4) is 0 Å². The van der Waals surface area contributed by atoms with E-state index in [1.807, 2.05) is 30.9 Å². The number of nitrogens with one attached hydrogen (secondary N) is 1. The predicted octanol–water partition coefficient (Wildman–Crippen LogP) is 2.02. The molecule has 2 aromatic rings. The van der Waals surface area contributed by atoms with Gasteiger partial charge in [-0.05, 0) is 26.0 Å². The lowest BCUT2D eigenvalue weighted by Gasteiger charge is -2.27. The van der Waals surface area contributed by atoms with E-state index in [-0.39, 0.29) is 5.91 Å². The van der Waals surface area contributed by atoms with Crippen molar-refractivity contribution in [1.29, 1.82) is 0 Å². The zero-order chi connectivity index (χ0) is 16.2. The molecule has 0 bridgehead atoms. The molecule has 6 nitrogen and oxygen atoms in total. The fourth-order valence-electron chi connectivity index (χ4n) is 2.56. The minimum absolute atomic E-state index is 0.0564. The van der Waals surface area contributed by atoms with Crippen LogP contribution in [0.3, 0.4) is 0 Å². The van der Waals surface area contributed by atoms with E-state index in [4.69, 9.17) is 4.52 Å². The van der Waals surface area contributed by atoms with Crippen molar-refractivity contribution in [2.75, 3.05) is 26.2 Å². The fourth-order valence-corrected chi connectivity index (χ4v) is 3.69. The van der Waals surface area contributed by atoms with Gasteiger partial charge < -0.3 is 14.7 Å². The van der Waals surface area contributed by atoms with Crippen molar-refractivity contribution in [3.05, 3.63) is 40.9 Å². The van der Waals surface area contributed by atoms with Crippen LogP contribution in [0.5, 0.6) is 0 Å². The van der Waals surface area contributed by atoms with Gasteiger partial charge in [-0.15, -0.1) is 11.8 Å². The number of pyridine rings is 1. The second-order valence-corrected chi connectivity index (χ2v) is 6.45. The standard InChI is InChI=1S/C16H20N4O2S/c1-11-14(12(2)22-19-11)10-23-15-13(4-3-5-18-15)16(21)20-8-6-17-7-9-20/h3-5,17H,6-10H2,1-2H3. The number of carbonyl (C=O) groups excluding carboxylic acids is 1. The summed E-state index contributed by atoms with van der Waals surface area (Å²) in [6.45, 7) is 6.99. The summed E-state index contributed by atoms with van der Waals surface area (Å²) in [5.74, 6) is 1.57. The Bertz CT molecular complexity index is 676. The average molecular weight is 332 g/mol. The molecule has 0 saturated carbocycles. The number of hydrogen-bond donors (Lipinski definition) is 1. The normalized spacial score (nSPS) is 15.0. The molecule has 2 aromatic heterocycles. The largest absolute Gasteiger partial charge is 0.361 e. The highest BCUT2D eigenvalue weighted by Gasteiger charge is 2.21. The Morgan fingerprint density at radius 1 is 1.39 bits per heavy atom. The third-order valence-electron chi connectivity index (χ3n) is 3.94. The molecule has 1 aliphatic heterocycles. The van der Waals surface area contributed by atoms with Crippen molar-refractivity contribution in [1.82, 2.24) is 20.4 Å². The highest BCUT2D eigenvalue weighted by atomic mass is 32.2. The number of piperazine rings is 1. The zero-order valence-corrected chi connectivity index (χ0v) is 14.2. The first kappa shape index (κ1) is 16.0. The first-order valence-corrected chi connectivity index (χ1v) is 8.65. The summed E-state index contributed by atoms with van der Waals surface area (Å²) in [6.07, 6.45) is 1.73. The predicted molar refractivity (Wildman–Crippen MR) is 88.5 cm³/mol. The molecule has 0 atom stereocenters. The number of hydrogen-bond acceptors (Lipinski definition) is 6. The maximum absolute atomic E-state index is 12.7. The minimum atomic E-state index is 0.0564. The second kappa shape index (κ2) is 7.14. The number of carbonyl (C=O) groups is 1. The van der Waals surface area contributed by atoms with Crippen LogP contribution in [0.15, 0.2) is 27.9 Å². The van der Waals surface area contributed by atoms with Crippen LogP contribution in [0.2, 0.25) is 0 Å². The van der Waals surface area contributed by atoms with Gasteiger partial charge in [0.1, 0.15) is 10.8 Å². The third kappa shape index (κ3) is 3.56. The number of amides is 1. The maximum Gasteiger partial charge on any atom is 0.256 e. The van der Waals surface area contributed by atoms with Gasteiger partial charge in [0, 0.05) is 43.7 Å². The Kier molecular flexibility index (Phi) is 4.97. The quantitative estimate of drug-likeness (QED) is 0.864. The first-order chi connectivity index (χ1) is 11.2. The molecule has 3 heterocycles. The molecular weight excluding hydrogens is 312 g/mol. The molecule has 0 aromatic carbocycles. The Morgan fingerprint density at radius 3 is 2.87 bits per heavy atom. The molecule has 0 spiro atoms. The summed E-state index contributed by atoms with van der Waals surface area (Å²) < 4.78 is 5.19. The number of thioether (sulfide) groups is 1. The van der Waals surface area contributed by atoms with Crippen LogP contribution < -0.4 is 5.32 Å². The van der Waals surface area contributed by atoms with Crippen LogP contribution in [-0.4, -0.2) is 47.1 Å². The van der Waals surface area contributed by atoms with Crippen LogP contribution in [0, 0.1) is 13.8 Å².